The van der Waals surface area contributed by atoms with E-state index in [0.29, 0.717) is 6.54 Å². The van der Waals surface area contributed by atoms with Gasteiger partial charge < -0.3 is 14.8 Å². The number of hydrogen-bond acceptors (Lipinski definition) is 5. The number of aryl methyl sites for hydroxylation is 1. The van der Waals surface area contributed by atoms with Gasteiger partial charge in [-0.15, -0.1) is 0 Å². The van der Waals surface area contributed by atoms with E-state index in [4.69, 9.17) is 0 Å². The Hall–Kier alpha value is -1.63. The summed E-state index contributed by atoms with van der Waals surface area (Å²) in [6.07, 6.45) is 5.26. The molecule has 96 valence electrons. The predicted molar refractivity (Wildman–Crippen MR) is 74.6 cm³/mol. The van der Waals surface area contributed by atoms with Crippen LogP contribution in [0.5, 0.6) is 0 Å². The van der Waals surface area contributed by atoms with Crippen molar-refractivity contribution in [3.8, 4) is 0 Å². The highest BCUT2D eigenvalue weighted by Crippen LogP contribution is 2.28. The van der Waals surface area contributed by atoms with Gasteiger partial charge in [0.2, 0.25) is 0 Å². The summed E-state index contributed by atoms with van der Waals surface area (Å²) in [5.41, 5.74) is 0. The summed E-state index contributed by atoms with van der Waals surface area (Å²) in [7, 11) is 5.78. The van der Waals surface area contributed by atoms with E-state index >= 15 is 0 Å². The highest BCUT2D eigenvalue weighted by atomic mass is 79.9. The first-order valence-electron chi connectivity index (χ1n) is 5.49. The Morgan fingerprint density at radius 1 is 1.39 bits per heavy atom. The molecule has 0 atom stereocenters. The van der Waals surface area contributed by atoms with E-state index in [1.54, 1.807) is 12.5 Å². The van der Waals surface area contributed by atoms with Gasteiger partial charge in [-0.2, -0.15) is 0 Å². The van der Waals surface area contributed by atoms with Crippen LogP contribution in [-0.4, -0.2) is 33.6 Å². The van der Waals surface area contributed by atoms with Gasteiger partial charge >= 0.3 is 0 Å². The summed E-state index contributed by atoms with van der Waals surface area (Å²) < 4.78 is 2.84. The minimum Gasteiger partial charge on any atom is -0.372 e. The van der Waals surface area contributed by atoms with Crippen LogP contribution in [0.15, 0.2) is 23.2 Å². The van der Waals surface area contributed by atoms with Crippen molar-refractivity contribution in [2.24, 2.45) is 7.05 Å². The molecule has 0 aliphatic carbocycles. The quantitative estimate of drug-likeness (QED) is 0.930. The van der Waals surface area contributed by atoms with Gasteiger partial charge in [0.15, 0.2) is 0 Å². The Balaban J connectivity index is 2.24. The minimum absolute atomic E-state index is 0.683. The van der Waals surface area contributed by atoms with Crippen molar-refractivity contribution in [1.82, 2.24) is 19.5 Å². The Kier molecular flexibility index (Phi) is 3.81. The summed E-state index contributed by atoms with van der Waals surface area (Å²) in [5.74, 6) is 2.58. The molecule has 2 aromatic heterocycles. The third kappa shape index (κ3) is 2.45. The third-order valence-corrected chi connectivity index (χ3v) is 3.40. The lowest BCUT2D eigenvalue weighted by molar-refractivity contribution is 0.753. The molecule has 0 aromatic carbocycles. The number of rotatable bonds is 4. The number of nitrogens with one attached hydrogen (secondary N) is 1. The number of halogens is 1. The van der Waals surface area contributed by atoms with Crippen LogP contribution >= 0.6 is 15.9 Å². The fourth-order valence-corrected chi connectivity index (χ4v) is 2.34. The van der Waals surface area contributed by atoms with Crippen LogP contribution in [0.3, 0.4) is 0 Å². The first-order chi connectivity index (χ1) is 8.63. The molecule has 0 radical (unpaired) electrons. The number of nitrogens with zero attached hydrogens (tertiary/aromatic N) is 5. The first-order valence-corrected chi connectivity index (χ1v) is 6.28. The molecule has 0 bridgehead atoms. The number of anilines is 2. The molecule has 0 aliphatic rings. The molecule has 1 N–H and O–H groups in total. The van der Waals surface area contributed by atoms with E-state index in [9.17, 15) is 0 Å². The molecule has 0 spiro atoms. The summed E-state index contributed by atoms with van der Waals surface area (Å²) >= 11 is 3.51. The van der Waals surface area contributed by atoms with Crippen molar-refractivity contribution in [3.63, 3.8) is 0 Å². The maximum absolute atomic E-state index is 4.30. The second kappa shape index (κ2) is 5.34. The Bertz CT molecular complexity index is 538. The van der Waals surface area contributed by atoms with Gasteiger partial charge in [0.25, 0.3) is 0 Å². The zero-order chi connectivity index (χ0) is 13.1. The van der Waals surface area contributed by atoms with Gasteiger partial charge in [0.1, 0.15) is 28.3 Å². The number of imidazole rings is 1. The fourth-order valence-electron chi connectivity index (χ4n) is 1.64. The van der Waals surface area contributed by atoms with E-state index in [2.05, 4.69) is 36.2 Å². The van der Waals surface area contributed by atoms with Crippen molar-refractivity contribution in [2.45, 2.75) is 6.54 Å². The predicted octanol–water partition coefficient (Wildman–Crippen LogP) is 1.65. The van der Waals surface area contributed by atoms with Gasteiger partial charge in [-0.05, 0) is 15.9 Å². The maximum atomic E-state index is 4.30. The normalized spacial score (nSPS) is 10.4. The molecule has 18 heavy (non-hydrogen) atoms. The zero-order valence-electron chi connectivity index (χ0n) is 10.6. The van der Waals surface area contributed by atoms with Crippen molar-refractivity contribution < 1.29 is 0 Å². The lowest BCUT2D eigenvalue weighted by Crippen LogP contribution is -2.21. The standard InChI is InChI=1S/C11H15BrN6/c1-13-10-9(12)11(16-7-15-10)18(3)6-8-14-4-5-17(8)2/h4-5,7H,6H2,1-3H3,(H,13,15,16). The average Bonchev–Trinajstić information content (AvgIpc) is 2.75. The van der Waals surface area contributed by atoms with Crippen LogP contribution in [0.1, 0.15) is 5.82 Å². The van der Waals surface area contributed by atoms with E-state index < -0.39 is 0 Å². The Morgan fingerprint density at radius 2 is 2.17 bits per heavy atom. The topological polar surface area (TPSA) is 58.9 Å². The van der Waals surface area contributed by atoms with Gasteiger partial charge in [-0.25, -0.2) is 15.0 Å². The van der Waals surface area contributed by atoms with Gasteiger partial charge in [0, 0.05) is 33.5 Å². The number of hydrogen-bond donors (Lipinski definition) is 1. The molecule has 6 nitrogen and oxygen atoms in total. The van der Waals surface area contributed by atoms with Crippen molar-refractivity contribution >= 4 is 27.6 Å². The lowest BCUT2D eigenvalue weighted by atomic mass is 10.4. The molecule has 0 aliphatic heterocycles. The van der Waals surface area contributed by atoms with Crippen molar-refractivity contribution in [1.29, 1.82) is 0 Å². The SMILES string of the molecule is CNc1ncnc(N(C)Cc2nccn2C)c1Br. The Labute approximate surface area is 114 Å². The van der Waals surface area contributed by atoms with E-state index in [1.807, 2.05) is 36.8 Å². The second-order valence-electron chi connectivity index (χ2n) is 3.92. The summed E-state index contributed by atoms with van der Waals surface area (Å²) in [6, 6.07) is 0. The molecule has 7 heteroatoms. The monoisotopic (exact) mass is 310 g/mol. The van der Waals surface area contributed by atoms with Crippen LogP contribution in [0.25, 0.3) is 0 Å². The highest BCUT2D eigenvalue weighted by molar-refractivity contribution is 9.10. The van der Waals surface area contributed by atoms with E-state index in [0.717, 1.165) is 21.9 Å². The summed E-state index contributed by atoms with van der Waals surface area (Å²) in [5, 5.41) is 3.02. The van der Waals surface area contributed by atoms with Crippen LogP contribution in [0.4, 0.5) is 11.6 Å². The summed E-state index contributed by atoms with van der Waals surface area (Å²) in [6.45, 7) is 0.683. The van der Waals surface area contributed by atoms with Crippen LogP contribution in [0, 0.1) is 0 Å². The van der Waals surface area contributed by atoms with Crippen molar-refractivity contribution in [3.05, 3.63) is 29.0 Å². The van der Waals surface area contributed by atoms with Gasteiger partial charge in [0.05, 0.1) is 6.54 Å². The zero-order valence-corrected chi connectivity index (χ0v) is 12.1. The molecule has 0 fully saturated rings. The maximum Gasteiger partial charge on any atom is 0.148 e. The van der Waals surface area contributed by atoms with Crippen molar-refractivity contribution in [2.75, 3.05) is 24.3 Å². The molecule has 2 rings (SSSR count). The van der Waals surface area contributed by atoms with Crippen LogP contribution < -0.4 is 10.2 Å². The molecule has 0 unspecified atom stereocenters. The number of aromatic nitrogens is 4. The van der Waals surface area contributed by atoms with Crippen LogP contribution in [-0.2, 0) is 13.6 Å². The van der Waals surface area contributed by atoms with Crippen LogP contribution in [0.2, 0.25) is 0 Å². The summed E-state index contributed by atoms with van der Waals surface area (Å²) in [4.78, 5) is 14.7. The molecular formula is C11H15BrN6. The minimum atomic E-state index is 0.683. The fraction of sp³-hybridized carbons (Fsp3) is 0.364. The average molecular weight is 311 g/mol. The molecule has 0 amide bonds. The molecule has 2 aromatic rings. The molecule has 0 saturated heterocycles. The largest absolute Gasteiger partial charge is 0.372 e. The second-order valence-corrected chi connectivity index (χ2v) is 4.71. The highest BCUT2D eigenvalue weighted by Gasteiger charge is 2.13. The van der Waals surface area contributed by atoms with Gasteiger partial charge in [-0.1, -0.05) is 0 Å². The Morgan fingerprint density at radius 3 is 2.78 bits per heavy atom. The van der Waals surface area contributed by atoms with E-state index in [-0.39, 0.29) is 0 Å². The molecular weight excluding hydrogens is 296 g/mol. The first kappa shape index (κ1) is 12.8. The van der Waals surface area contributed by atoms with E-state index in [1.165, 1.54) is 0 Å². The smallest absolute Gasteiger partial charge is 0.148 e. The van der Waals surface area contributed by atoms with Gasteiger partial charge in [-0.3, -0.25) is 0 Å². The third-order valence-electron chi connectivity index (χ3n) is 2.67. The molecule has 2 heterocycles. The lowest BCUT2D eigenvalue weighted by Gasteiger charge is -2.19. The molecule has 0 saturated carbocycles.